The second kappa shape index (κ2) is 8.31. The number of rotatable bonds is 6. The van der Waals surface area contributed by atoms with Gasteiger partial charge in [0.2, 0.25) is 0 Å². The van der Waals surface area contributed by atoms with Gasteiger partial charge in [0, 0.05) is 17.4 Å². The lowest BCUT2D eigenvalue weighted by Crippen LogP contribution is -2.23. The Kier molecular flexibility index (Phi) is 5.66. The highest BCUT2D eigenvalue weighted by Crippen LogP contribution is 2.21. The van der Waals surface area contributed by atoms with Crippen LogP contribution in [-0.4, -0.2) is 16.8 Å². The van der Waals surface area contributed by atoms with Crippen LogP contribution in [-0.2, 0) is 13.0 Å². The zero-order chi connectivity index (χ0) is 19.2. The number of furan rings is 1. The molecule has 0 saturated heterocycles. The van der Waals surface area contributed by atoms with Gasteiger partial charge in [-0.3, -0.25) is 14.6 Å². The largest absolute Gasteiger partial charge is 0.467 e. The quantitative estimate of drug-likeness (QED) is 0.699. The highest BCUT2D eigenvalue weighted by atomic mass is 16.3. The molecule has 0 atom stereocenters. The fourth-order valence-electron chi connectivity index (χ4n) is 2.76. The summed E-state index contributed by atoms with van der Waals surface area (Å²) in [6, 6.07) is 12.5. The Bertz CT molecular complexity index is 949. The Morgan fingerprint density at radius 3 is 2.70 bits per heavy atom. The Balaban J connectivity index is 1.73. The molecule has 0 aliphatic carbocycles. The van der Waals surface area contributed by atoms with Crippen LogP contribution in [0.25, 0.3) is 0 Å². The van der Waals surface area contributed by atoms with Crippen molar-refractivity contribution in [3.63, 3.8) is 0 Å². The minimum Gasteiger partial charge on any atom is -0.467 e. The third kappa shape index (κ3) is 4.41. The van der Waals surface area contributed by atoms with E-state index in [2.05, 4.69) is 15.6 Å². The lowest BCUT2D eigenvalue weighted by Gasteiger charge is -2.13. The van der Waals surface area contributed by atoms with Crippen molar-refractivity contribution < 1.29 is 14.0 Å². The van der Waals surface area contributed by atoms with Gasteiger partial charge in [-0.2, -0.15) is 0 Å². The van der Waals surface area contributed by atoms with E-state index in [1.807, 2.05) is 32.0 Å². The fraction of sp³-hybridized carbons (Fsp3) is 0.190. The van der Waals surface area contributed by atoms with Crippen LogP contribution < -0.4 is 10.6 Å². The minimum atomic E-state index is -0.348. The maximum absolute atomic E-state index is 12.6. The summed E-state index contributed by atoms with van der Waals surface area (Å²) in [6.07, 6.45) is 3.81. The maximum Gasteiger partial charge on any atom is 0.274 e. The molecule has 0 aliphatic heterocycles. The van der Waals surface area contributed by atoms with Gasteiger partial charge in [-0.05, 0) is 48.7 Å². The highest BCUT2D eigenvalue weighted by Gasteiger charge is 2.14. The number of aromatic nitrogens is 1. The molecular formula is C21H21N3O3. The molecule has 2 N–H and O–H groups in total. The Labute approximate surface area is 157 Å². The molecular weight excluding hydrogens is 342 g/mol. The van der Waals surface area contributed by atoms with Crippen LogP contribution in [0.15, 0.2) is 59.3 Å². The molecule has 3 aromatic rings. The molecule has 138 valence electrons. The summed E-state index contributed by atoms with van der Waals surface area (Å²) < 4.78 is 5.19. The van der Waals surface area contributed by atoms with E-state index in [-0.39, 0.29) is 24.1 Å². The van der Waals surface area contributed by atoms with Gasteiger partial charge in [-0.25, -0.2) is 0 Å². The Morgan fingerprint density at radius 1 is 1.11 bits per heavy atom. The van der Waals surface area contributed by atoms with Crippen LogP contribution in [0.4, 0.5) is 5.69 Å². The van der Waals surface area contributed by atoms with E-state index in [0.29, 0.717) is 11.3 Å². The average molecular weight is 363 g/mol. The molecule has 2 amide bonds. The molecule has 3 rings (SSSR count). The SMILES string of the molecule is CCc1cccc(C)c1NC(=O)c1cc(C(=O)NCc2ccco2)ccn1. The number of benzene rings is 1. The average Bonchev–Trinajstić information content (AvgIpc) is 3.21. The summed E-state index contributed by atoms with van der Waals surface area (Å²) in [5, 5.41) is 5.67. The predicted octanol–water partition coefficient (Wildman–Crippen LogP) is 3.73. The van der Waals surface area contributed by atoms with Crippen molar-refractivity contribution in [3.8, 4) is 0 Å². The van der Waals surface area contributed by atoms with Gasteiger partial charge >= 0.3 is 0 Å². The fourth-order valence-corrected chi connectivity index (χ4v) is 2.76. The molecule has 1 aromatic carbocycles. The van der Waals surface area contributed by atoms with Gasteiger partial charge in [0.25, 0.3) is 11.8 Å². The van der Waals surface area contributed by atoms with Crippen LogP contribution >= 0.6 is 0 Å². The van der Waals surface area contributed by atoms with E-state index in [1.54, 1.807) is 24.5 Å². The highest BCUT2D eigenvalue weighted by molar-refractivity contribution is 6.05. The first-order valence-electron chi connectivity index (χ1n) is 8.75. The van der Waals surface area contributed by atoms with Crippen molar-refractivity contribution in [2.24, 2.45) is 0 Å². The number of pyridine rings is 1. The number of carbonyl (C=O) groups is 2. The van der Waals surface area contributed by atoms with E-state index >= 15 is 0 Å². The third-order valence-electron chi connectivity index (χ3n) is 4.24. The summed E-state index contributed by atoms with van der Waals surface area (Å²) in [5.74, 6) is 0.00898. The van der Waals surface area contributed by atoms with Crippen LogP contribution in [0.2, 0.25) is 0 Å². The number of nitrogens with zero attached hydrogens (tertiary/aromatic N) is 1. The normalized spacial score (nSPS) is 10.4. The van der Waals surface area contributed by atoms with Gasteiger partial charge in [0.15, 0.2) is 0 Å². The number of hydrogen-bond donors (Lipinski definition) is 2. The molecule has 6 nitrogen and oxygen atoms in total. The number of carbonyl (C=O) groups excluding carboxylic acids is 2. The number of para-hydroxylation sites is 1. The summed E-state index contributed by atoms with van der Waals surface area (Å²) in [4.78, 5) is 29.1. The van der Waals surface area contributed by atoms with E-state index in [1.165, 1.54) is 12.3 Å². The predicted molar refractivity (Wildman–Crippen MR) is 103 cm³/mol. The Hall–Kier alpha value is -3.41. The molecule has 0 unspecified atom stereocenters. The number of amides is 2. The summed E-state index contributed by atoms with van der Waals surface area (Å²) in [7, 11) is 0. The molecule has 0 spiro atoms. The van der Waals surface area contributed by atoms with Crippen molar-refractivity contribution in [3.05, 3.63) is 83.1 Å². The van der Waals surface area contributed by atoms with Crippen molar-refractivity contribution >= 4 is 17.5 Å². The number of hydrogen-bond acceptors (Lipinski definition) is 4. The zero-order valence-electron chi connectivity index (χ0n) is 15.3. The first-order chi connectivity index (χ1) is 13.1. The lowest BCUT2D eigenvalue weighted by atomic mass is 10.1. The molecule has 2 heterocycles. The van der Waals surface area contributed by atoms with Crippen molar-refractivity contribution in [1.29, 1.82) is 0 Å². The molecule has 0 bridgehead atoms. The van der Waals surface area contributed by atoms with Crippen molar-refractivity contribution in [2.75, 3.05) is 5.32 Å². The molecule has 2 aromatic heterocycles. The van der Waals surface area contributed by atoms with Crippen molar-refractivity contribution in [1.82, 2.24) is 10.3 Å². The van der Waals surface area contributed by atoms with Gasteiger partial charge < -0.3 is 15.1 Å². The number of nitrogens with one attached hydrogen (secondary N) is 2. The molecule has 0 aliphatic rings. The number of anilines is 1. The smallest absolute Gasteiger partial charge is 0.274 e. The molecule has 27 heavy (non-hydrogen) atoms. The van der Waals surface area contributed by atoms with Crippen LogP contribution in [0.3, 0.4) is 0 Å². The standard InChI is InChI=1S/C21H21N3O3/c1-3-15-7-4-6-14(2)19(15)24-21(26)18-12-16(9-10-22-18)20(25)23-13-17-8-5-11-27-17/h4-12H,3,13H2,1-2H3,(H,23,25)(H,24,26). The van der Waals surface area contributed by atoms with Gasteiger partial charge in [0.1, 0.15) is 11.5 Å². The summed E-state index contributed by atoms with van der Waals surface area (Å²) >= 11 is 0. The van der Waals surface area contributed by atoms with Crippen LogP contribution in [0, 0.1) is 6.92 Å². The molecule has 6 heteroatoms. The first kappa shape index (κ1) is 18.4. The van der Waals surface area contributed by atoms with Crippen molar-refractivity contribution in [2.45, 2.75) is 26.8 Å². The molecule has 0 saturated carbocycles. The summed E-state index contributed by atoms with van der Waals surface area (Å²) in [5.41, 5.74) is 3.37. The number of aryl methyl sites for hydroxylation is 2. The van der Waals surface area contributed by atoms with E-state index in [9.17, 15) is 9.59 Å². The molecule has 0 radical (unpaired) electrons. The van der Waals surface area contributed by atoms with Gasteiger partial charge in [-0.1, -0.05) is 25.1 Å². The van der Waals surface area contributed by atoms with Gasteiger partial charge in [-0.15, -0.1) is 0 Å². The second-order valence-corrected chi connectivity index (χ2v) is 6.11. The first-order valence-corrected chi connectivity index (χ1v) is 8.75. The topological polar surface area (TPSA) is 84.2 Å². The zero-order valence-corrected chi connectivity index (χ0v) is 15.3. The monoisotopic (exact) mass is 363 g/mol. The molecule has 0 fully saturated rings. The third-order valence-corrected chi connectivity index (χ3v) is 4.24. The maximum atomic E-state index is 12.6. The van der Waals surface area contributed by atoms with E-state index in [0.717, 1.165) is 23.2 Å². The minimum absolute atomic E-state index is 0.186. The second-order valence-electron chi connectivity index (χ2n) is 6.11. The van der Waals surface area contributed by atoms with Gasteiger partial charge in [0.05, 0.1) is 12.8 Å². The summed E-state index contributed by atoms with van der Waals surface area (Å²) in [6.45, 7) is 4.26. The van der Waals surface area contributed by atoms with Crippen LogP contribution in [0.1, 0.15) is 44.7 Å². The van der Waals surface area contributed by atoms with E-state index in [4.69, 9.17) is 4.42 Å². The lowest BCUT2D eigenvalue weighted by molar-refractivity contribution is 0.0948. The van der Waals surface area contributed by atoms with Crippen LogP contribution in [0.5, 0.6) is 0 Å². The van der Waals surface area contributed by atoms with E-state index < -0.39 is 0 Å². The Morgan fingerprint density at radius 2 is 1.96 bits per heavy atom.